The summed E-state index contributed by atoms with van der Waals surface area (Å²) in [6.45, 7) is -0.394. The number of rotatable bonds is 6. The maximum Gasteiger partial charge on any atom is 0.338 e. The predicted molar refractivity (Wildman–Crippen MR) is 106 cm³/mol. The quantitative estimate of drug-likeness (QED) is 0.472. The number of carbonyl (C=O) groups is 2. The number of esters is 1. The molecule has 0 saturated carbocycles. The highest BCUT2D eigenvalue weighted by molar-refractivity contribution is 7.89. The molecule has 3 aromatic rings. The van der Waals surface area contributed by atoms with E-state index in [1.165, 1.54) is 38.4 Å². The van der Waals surface area contributed by atoms with Gasteiger partial charge in [0.1, 0.15) is 0 Å². The highest BCUT2D eigenvalue weighted by Crippen LogP contribution is 2.17. The lowest BCUT2D eigenvalue weighted by atomic mass is 10.0. The lowest BCUT2D eigenvalue weighted by Gasteiger charge is -2.11. The standard InChI is InChI=1S/C21H19NO5S/c1-22(2)28(25,26)19-11-9-16(10-12-19)21(24)27-14-20(23)18-8-7-15-5-3-4-6-17(15)13-18/h3-13H,14H2,1-2H3. The minimum Gasteiger partial charge on any atom is -0.454 e. The molecule has 0 radical (unpaired) electrons. The number of hydrogen-bond acceptors (Lipinski definition) is 5. The third-order valence-electron chi connectivity index (χ3n) is 4.27. The largest absolute Gasteiger partial charge is 0.454 e. The number of ketones is 1. The molecular weight excluding hydrogens is 378 g/mol. The predicted octanol–water partition coefficient (Wildman–Crippen LogP) is 3.13. The molecule has 7 heteroatoms. The summed E-state index contributed by atoms with van der Waals surface area (Å²) in [5.74, 6) is -1.01. The zero-order valence-electron chi connectivity index (χ0n) is 15.5. The average molecular weight is 397 g/mol. The second-order valence-electron chi connectivity index (χ2n) is 6.37. The second-order valence-corrected chi connectivity index (χ2v) is 8.52. The summed E-state index contributed by atoms with van der Waals surface area (Å²) >= 11 is 0. The topological polar surface area (TPSA) is 80.8 Å². The molecule has 0 N–H and O–H groups in total. The van der Waals surface area contributed by atoms with Gasteiger partial charge in [0.05, 0.1) is 10.5 Å². The first-order valence-electron chi connectivity index (χ1n) is 8.51. The van der Waals surface area contributed by atoms with E-state index in [2.05, 4.69) is 0 Å². The highest BCUT2D eigenvalue weighted by Gasteiger charge is 2.18. The van der Waals surface area contributed by atoms with Crippen molar-refractivity contribution < 1.29 is 22.7 Å². The van der Waals surface area contributed by atoms with Crippen molar-refractivity contribution in [2.45, 2.75) is 4.90 Å². The highest BCUT2D eigenvalue weighted by atomic mass is 32.2. The van der Waals surface area contributed by atoms with Gasteiger partial charge in [-0.15, -0.1) is 0 Å². The Balaban J connectivity index is 1.67. The number of hydrogen-bond donors (Lipinski definition) is 0. The van der Waals surface area contributed by atoms with Crippen LogP contribution in [0.3, 0.4) is 0 Å². The summed E-state index contributed by atoms with van der Waals surface area (Å²) in [6.07, 6.45) is 0. The number of fused-ring (bicyclic) bond motifs is 1. The molecule has 0 saturated heterocycles. The van der Waals surface area contributed by atoms with Gasteiger partial charge in [0.2, 0.25) is 10.0 Å². The van der Waals surface area contributed by atoms with Crippen molar-refractivity contribution in [2.24, 2.45) is 0 Å². The van der Waals surface area contributed by atoms with Gasteiger partial charge in [-0.25, -0.2) is 17.5 Å². The van der Waals surface area contributed by atoms with E-state index in [1.54, 1.807) is 12.1 Å². The van der Waals surface area contributed by atoms with Crippen LogP contribution >= 0.6 is 0 Å². The Morgan fingerprint density at radius 3 is 2.11 bits per heavy atom. The zero-order valence-corrected chi connectivity index (χ0v) is 16.3. The van der Waals surface area contributed by atoms with Gasteiger partial charge in [-0.3, -0.25) is 4.79 Å². The van der Waals surface area contributed by atoms with Crippen LogP contribution in [0.4, 0.5) is 0 Å². The third-order valence-corrected chi connectivity index (χ3v) is 6.10. The first kappa shape index (κ1) is 19.7. The number of ether oxygens (including phenoxy) is 1. The Morgan fingerprint density at radius 1 is 0.857 bits per heavy atom. The van der Waals surface area contributed by atoms with E-state index >= 15 is 0 Å². The van der Waals surface area contributed by atoms with Crippen LogP contribution in [0.15, 0.2) is 71.6 Å². The van der Waals surface area contributed by atoms with Gasteiger partial charge in [0.15, 0.2) is 12.4 Å². The fourth-order valence-electron chi connectivity index (χ4n) is 2.63. The molecule has 0 heterocycles. The van der Waals surface area contributed by atoms with E-state index in [1.807, 2.05) is 30.3 Å². The van der Waals surface area contributed by atoms with Crippen LogP contribution in [0.1, 0.15) is 20.7 Å². The zero-order chi connectivity index (χ0) is 20.3. The van der Waals surface area contributed by atoms with Crippen LogP contribution in [0.5, 0.6) is 0 Å². The summed E-state index contributed by atoms with van der Waals surface area (Å²) < 4.78 is 30.3. The van der Waals surface area contributed by atoms with Crippen LogP contribution in [-0.4, -0.2) is 45.2 Å². The van der Waals surface area contributed by atoms with Gasteiger partial charge in [0.25, 0.3) is 0 Å². The van der Waals surface area contributed by atoms with Gasteiger partial charge >= 0.3 is 5.97 Å². The first-order valence-corrected chi connectivity index (χ1v) is 9.95. The summed E-state index contributed by atoms with van der Waals surface area (Å²) in [7, 11) is -0.719. The molecule has 3 aromatic carbocycles. The van der Waals surface area contributed by atoms with Crippen LogP contribution in [0.25, 0.3) is 10.8 Å². The number of sulfonamides is 1. The number of Topliss-reactive ketones (excluding diaryl/α,β-unsaturated/α-hetero) is 1. The maximum atomic E-state index is 12.3. The summed E-state index contributed by atoms with van der Waals surface area (Å²) in [4.78, 5) is 24.5. The second kappa shape index (κ2) is 7.92. The number of benzene rings is 3. The normalized spacial score (nSPS) is 11.5. The van der Waals surface area contributed by atoms with Crippen molar-refractivity contribution in [1.82, 2.24) is 4.31 Å². The molecule has 0 fully saturated rings. The minimum atomic E-state index is -3.57. The Hall–Kier alpha value is -3.03. The smallest absolute Gasteiger partial charge is 0.338 e. The Labute approximate surface area is 163 Å². The molecule has 0 aromatic heterocycles. The SMILES string of the molecule is CN(C)S(=O)(=O)c1ccc(C(=O)OCC(=O)c2ccc3ccccc3c2)cc1. The number of nitrogens with zero attached hydrogens (tertiary/aromatic N) is 1. The van der Waals surface area contributed by atoms with E-state index in [4.69, 9.17) is 4.74 Å². The monoisotopic (exact) mass is 397 g/mol. The Kier molecular flexibility index (Phi) is 5.58. The van der Waals surface area contributed by atoms with Gasteiger partial charge in [-0.1, -0.05) is 36.4 Å². The van der Waals surface area contributed by atoms with Crippen molar-refractivity contribution in [1.29, 1.82) is 0 Å². The van der Waals surface area contributed by atoms with Crippen LogP contribution in [0, 0.1) is 0 Å². The fourth-order valence-corrected chi connectivity index (χ4v) is 3.54. The van der Waals surface area contributed by atoms with E-state index < -0.39 is 22.6 Å². The molecule has 0 spiro atoms. The lowest BCUT2D eigenvalue weighted by Crippen LogP contribution is -2.22. The van der Waals surface area contributed by atoms with Crippen LogP contribution < -0.4 is 0 Å². The lowest BCUT2D eigenvalue weighted by molar-refractivity contribution is 0.0474. The van der Waals surface area contributed by atoms with Crippen LogP contribution in [0.2, 0.25) is 0 Å². The summed E-state index contributed by atoms with van der Waals surface area (Å²) in [5.41, 5.74) is 0.628. The molecule has 0 aliphatic carbocycles. The van der Waals surface area contributed by atoms with Crippen molar-refractivity contribution in [3.05, 3.63) is 77.9 Å². The first-order chi connectivity index (χ1) is 13.3. The molecule has 0 aliphatic rings. The van der Waals surface area contributed by atoms with E-state index in [0.29, 0.717) is 5.56 Å². The van der Waals surface area contributed by atoms with Gasteiger partial charge in [-0.05, 0) is 41.1 Å². The van der Waals surface area contributed by atoms with Gasteiger partial charge in [-0.2, -0.15) is 0 Å². The van der Waals surface area contributed by atoms with Crippen molar-refractivity contribution in [2.75, 3.05) is 20.7 Å². The molecule has 0 amide bonds. The molecule has 28 heavy (non-hydrogen) atoms. The van der Waals surface area contributed by atoms with E-state index in [0.717, 1.165) is 15.1 Å². The third kappa shape index (κ3) is 4.11. The summed E-state index contributed by atoms with van der Waals surface area (Å²) in [5, 5.41) is 1.95. The van der Waals surface area contributed by atoms with Gasteiger partial charge < -0.3 is 4.74 Å². The number of carbonyl (C=O) groups excluding carboxylic acids is 2. The Bertz CT molecular complexity index is 1130. The summed E-state index contributed by atoms with van der Waals surface area (Å²) in [6, 6.07) is 18.3. The molecule has 0 aliphatic heterocycles. The molecular formula is C21H19NO5S. The molecule has 6 nitrogen and oxygen atoms in total. The average Bonchev–Trinajstić information content (AvgIpc) is 2.71. The molecule has 3 rings (SSSR count). The molecule has 0 atom stereocenters. The van der Waals surface area contributed by atoms with Crippen molar-refractivity contribution in [3.63, 3.8) is 0 Å². The fraction of sp³-hybridized carbons (Fsp3) is 0.143. The molecule has 144 valence electrons. The van der Waals surface area contributed by atoms with E-state index in [9.17, 15) is 18.0 Å². The maximum absolute atomic E-state index is 12.3. The molecule has 0 unspecified atom stereocenters. The Morgan fingerprint density at radius 2 is 1.46 bits per heavy atom. The van der Waals surface area contributed by atoms with Crippen molar-refractivity contribution in [3.8, 4) is 0 Å². The van der Waals surface area contributed by atoms with E-state index in [-0.39, 0.29) is 16.2 Å². The molecule has 0 bridgehead atoms. The van der Waals surface area contributed by atoms with Gasteiger partial charge in [0, 0.05) is 19.7 Å². The van der Waals surface area contributed by atoms with Crippen molar-refractivity contribution >= 4 is 32.5 Å². The van der Waals surface area contributed by atoms with Crippen LogP contribution in [-0.2, 0) is 14.8 Å². The minimum absolute atomic E-state index is 0.0706.